The van der Waals surface area contributed by atoms with Gasteiger partial charge in [-0.2, -0.15) is 0 Å². The fourth-order valence-electron chi connectivity index (χ4n) is 3.79. The number of carbonyl (C=O) groups excluding carboxylic acids is 1. The molecule has 1 N–H and O–H groups in total. The van der Waals surface area contributed by atoms with E-state index in [0.29, 0.717) is 23.5 Å². The van der Waals surface area contributed by atoms with Crippen molar-refractivity contribution in [2.24, 2.45) is 0 Å². The Hall–Kier alpha value is -3.12. The van der Waals surface area contributed by atoms with E-state index in [4.69, 9.17) is 5.11 Å². The Balaban J connectivity index is 1.66. The van der Waals surface area contributed by atoms with Gasteiger partial charge in [0.2, 0.25) is 5.91 Å². The summed E-state index contributed by atoms with van der Waals surface area (Å²) in [7, 11) is 0. The molecule has 0 unspecified atom stereocenters. The van der Waals surface area contributed by atoms with Crippen molar-refractivity contribution in [2.75, 3.05) is 4.90 Å². The molecule has 0 radical (unpaired) electrons. The fraction of sp³-hybridized carbons (Fsp3) is 0.200. The van der Waals surface area contributed by atoms with Crippen LogP contribution in [0.4, 0.5) is 10.1 Å². The highest BCUT2D eigenvalue weighted by molar-refractivity contribution is 8.01. The number of thioether (sulfide) groups is 1. The Labute approximate surface area is 184 Å². The van der Waals surface area contributed by atoms with Crippen LogP contribution in [-0.2, 0) is 17.8 Å². The number of anilines is 1. The first-order valence-electron chi connectivity index (χ1n) is 9.98. The number of amides is 1. The van der Waals surface area contributed by atoms with Crippen LogP contribution >= 0.6 is 11.8 Å². The molecule has 0 aliphatic carbocycles. The Morgan fingerprint density at radius 3 is 2.52 bits per heavy atom. The second-order valence-corrected chi connectivity index (χ2v) is 8.97. The summed E-state index contributed by atoms with van der Waals surface area (Å²) < 4.78 is 14.7. The van der Waals surface area contributed by atoms with Gasteiger partial charge in [-0.3, -0.25) is 4.79 Å². The number of hydrogen-bond acceptors (Lipinski definition) is 3. The molecule has 1 aliphatic heterocycles. The van der Waals surface area contributed by atoms with Gasteiger partial charge in [-0.05, 0) is 61.2 Å². The van der Waals surface area contributed by atoms with Crippen molar-refractivity contribution < 1.29 is 19.1 Å². The van der Waals surface area contributed by atoms with Crippen LogP contribution in [0, 0.1) is 19.7 Å². The second kappa shape index (κ2) is 8.55. The van der Waals surface area contributed by atoms with Crippen LogP contribution in [-0.4, -0.2) is 22.2 Å². The number of carbonyl (C=O) groups is 2. The van der Waals surface area contributed by atoms with E-state index in [1.54, 1.807) is 29.2 Å². The van der Waals surface area contributed by atoms with E-state index in [9.17, 15) is 14.0 Å². The summed E-state index contributed by atoms with van der Waals surface area (Å²) in [5, 5.41) is 8.59. The minimum Gasteiger partial charge on any atom is -0.478 e. The summed E-state index contributed by atoms with van der Waals surface area (Å²) in [5.41, 5.74) is 4.88. The maximum atomic E-state index is 14.7. The van der Waals surface area contributed by atoms with Crippen LogP contribution in [0.1, 0.15) is 32.6 Å². The molecule has 4 nitrogen and oxygen atoms in total. The molecule has 0 saturated heterocycles. The first-order valence-corrected chi connectivity index (χ1v) is 10.9. The number of hydrogen-bond donors (Lipinski definition) is 1. The molecule has 0 saturated carbocycles. The summed E-state index contributed by atoms with van der Waals surface area (Å²) in [5.74, 6) is -1.41. The second-order valence-electron chi connectivity index (χ2n) is 7.76. The normalized spacial score (nSPS) is 15.6. The summed E-state index contributed by atoms with van der Waals surface area (Å²) in [6, 6.07) is 17.4. The zero-order valence-electron chi connectivity index (χ0n) is 17.3. The van der Waals surface area contributed by atoms with E-state index < -0.39 is 11.2 Å². The number of benzene rings is 3. The monoisotopic (exact) mass is 435 g/mol. The number of carboxylic acids is 1. The van der Waals surface area contributed by atoms with E-state index >= 15 is 0 Å². The maximum Gasteiger partial charge on any atom is 0.335 e. The molecular weight excluding hydrogens is 413 g/mol. The Morgan fingerprint density at radius 1 is 1.10 bits per heavy atom. The van der Waals surface area contributed by atoms with Crippen molar-refractivity contribution in [2.45, 2.75) is 37.0 Å². The van der Waals surface area contributed by atoms with Gasteiger partial charge in [0.25, 0.3) is 0 Å². The van der Waals surface area contributed by atoms with E-state index in [1.807, 2.05) is 26.0 Å². The average molecular weight is 436 g/mol. The zero-order valence-corrected chi connectivity index (χ0v) is 18.1. The summed E-state index contributed by atoms with van der Waals surface area (Å²) in [4.78, 5) is 26.7. The van der Waals surface area contributed by atoms with Crippen molar-refractivity contribution in [1.29, 1.82) is 0 Å². The fourth-order valence-corrected chi connectivity index (χ4v) is 5.06. The molecule has 4 rings (SSSR count). The standard InChI is InChI=1S/C25H22FNO3S/c1-15-6-9-19(16(2)12-15)14-27-21-5-3-4-20(26)23(21)31-22(24(27)28)13-17-7-10-18(11-8-17)25(29)30/h3-12,22H,13-14H2,1-2H3,(H,29,30)/t22-/m1/s1. The maximum absolute atomic E-state index is 14.7. The van der Waals surface area contributed by atoms with Gasteiger partial charge in [0.05, 0.1) is 27.9 Å². The minimum absolute atomic E-state index is 0.0783. The van der Waals surface area contributed by atoms with Crippen molar-refractivity contribution >= 4 is 29.3 Å². The molecule has 0 spiro atoms. The average Bonchev–Trinajstić information content (AvgIpc) is 2.73. The summed E-state index contributed by atoms with van der Waals surface area (Å²) in [6.07, 6.45) is 0.389. The van der Waals surface area contributed by atoms with Gasteiger partial charge in [-0.25, -0.2) is 9.18 Å². The lowest BCUT2D eigenvalue weighted by atomic mass is 10.0. The number of fused-ring (bicyclic) bond motifs is 1. The third-order valence-corrected chi connectivity index (χ3v) is 6.78. The topological polar surface area (TPSA) is 57.6 Å². The molecule has 31 heavy (non-hydrogen) atoms. The molecule has 1 atom stereocenters. The molecule has 0 fully saturated rings. The summed E-state index contributed by atoms with van der Waals surface area (Å²) >= 11 is 1.24. The van der Waals surface area contributed by atoms with Crippen LogP contribution in [0.25, 0.3) is 0 Å². The van der Waals surface area contributed by atoms with Gasteiger partial charge in [-0.15, -0.1) is 11.8 Å². The predicted octanol–water partition coefficient (Wildman–Crippen LogP) is 5.39. The first kappa shape index (κ1) is 21.1. The van der Waals surface area contributed by atoms with Gasteiger partial charge in [0.15, 0.2) is 0 Å². The first-order chi connectivity index (χ1) is 14.8. The lowest BCUT2D eigenvalue weighted by Gasteiger charge is -2.34. The molecule has 158 valence electrons. The molecule has 0 bridgehead atoms. The van der Waals surface area contributed by atoms with Crippen molar-refractivity contribution in [3.05, 3.63) is 94.3 Å². The van der Waals surface area contributed by atoms with Crippen LogP contribution in [0.2, 0.25) is 0 Å². The van der Waals surface area contributed by atoms with Crippen LogP contribution in [0.5, 0.6) is 0 Å². The van der Waals surface area contributed by atoms with E-state index in [-0.39, 0.29) is 17.3 Å². The zero-order chi connectivity index (χ0) is 22.1. The molecule has 1 aliphatic rings. The van der Waals surface area contributed by atoms with Gasteiger partial charge in [-0.1, -0.05) is 42.0 Å². The molecule has 1 amide bonds. The van der Waals surface area contributed by atoms with Crippen LogP contribution in [0.3, 0.4) is 0 Å². The molecular formula is C25H22FNO3S. The number of aryl methyl sites for hydroxylation is 2. The third kappa shape index (κ3) is 4.35. The highest BCUT2D eigenvalue weighted by atomic mass is 32.2. The number of rotatable bonds is 5. The van der Waals surface area contributed by atoms with Gasteiger partial charge < -0.3 is 10.0 Å². The van der Waals surface area contributed by atoms with Gasteiger partial charge >= 0.3 is 5.97 Å². The van der Waals surface area contributed by atoms with Crippen LogP contribution < -0.4 is 4.90 Å². The number of nitrogens with zero attached hydrogens (tertiary/aromatic N) is 1. The Kier molecular flexibility index (Phi) is 5.83. The summed E-state index contributed by atoms with van der Waals surface area (Å²) in [6.45, 7) is 4.41. The smallest absolute Gasteiger partial charge is 0.335 e. The Bertz CT molecular complexity index is 1160. The SMILES string of the molecule is Cc1ccc(CN2C(=O)[C@@H](Cc3ccc(C(=O)O)cc3)Sc3c(F)cccc32)c(C)c1. The number of aromatic carboxylic acids is 1. The predicted molar refractivity (Wildman–Crippen MR) is 120 cm³/mol. The van der Waals surface area contributed by atoms with E-state index in [0.717, 1.165) is 22.3 Å². The largest absolute Gasteiger partial charge is 0.478 e. The molecule has 1 heterocycles. The molecule has 3 aromatic carbocycles. The van der Waals surface area contributed by atoms with E-state index in [2.05, 4.69) is 6.07 Å². The highest BCUT2D eigenvalue weighted by Gasteiger charge is 2.35. The quantitative estimate of drug-likeness (QED) is 0.584. The molecule has 3 aromatic rings. The number of halogens is 1. The highest BCUT2D eigenvalue weighted by Crippen LogP contribution is 2.42. The third-order valence-electron chi connectivity index (χ3n) is 5.49. The minimum atomic E-state index is -0.995. The van der Waals surface area contributed by atoms with Crippen molar-refractivity contribution in [1.82, 2.24) is 0 Å². The Morgan fingerprint density at radius 2 is 1.84 bits per heavy atom. The van der Waals surface area contributed by atoms with Crippen molar-refractivity contribution in [3.8, 4) is 0 Å². The lowest BCUT2D eigenvalue weighted by molar-refractivity contribution is -0.118. The van der Waals surface area contributed by atoms with Crippen LogP contribution in [0.15, 0.2) is 65.6 Å². The number of carboxylic acid groups (broad SMARTS) is 1. The van der Waals surface area contributed by atoms with Gasteiger partial charge in [0, 0.05) is 0 Å². The molecule has 0 aromatic heterocycles. The van der Waals surface area contributed by atoms with Gasteiger partial charge in [0.1, 0.15) is 5.82 Å². The molecule has 6 heteroatoms. The van der Waals surface area contributed by atoms with Crippen molar-refractivity contribution in [3.63, 3.8) is 0 Å². The lowest BCUT2D eigenvalue weighted by Crippen LogP contribution is -2.41. The van der Waals surface area contributed by atoms with E-state index in [1.165, 1.54) is 30.0 Å².